The monoisotopic (exact) mass is 163 g/mol. The van der Waals surface area contributed by atoms with Crippen LogP contribution in [-0.2, 0) is 4.79 Å². The van der Waals surface area contributed by atoms with Crippen LogP contribution in [0.5, 0.6) is 0 Å². The van der Waals surface area contributed by atoms with Gasteiger partial charge in [-0.25, -0.2) is 0 Å². The number of nitrogens with zero attached hydrogens (tertiary/aromatic N) is 1. The van der Waals surface area contributed by atoms with Crippen molar-refractivity contribution >= 4 is 5.91 Å². The molecule has 1 aliphatic rings. The van der Waals surface area contributed by atoms with E-state index < -0.39 is 12.3 Å². The van der Waals surface area contributed by atoms with Crippen molar-refractivity contribution in [3.63, 3.8) is 0 Å². The van der Waals surface area contributed by atoms with Crippen molar-refractivity contribution in [2.24, 2.45) is 5.92 Å². The third-order valence-corrected chi connectivity index (χ3v) is 1.92. The first-order valence-corrected chi connectivity index (χ1v) is 3.68. The first kappa shape index (κ1) is 8.43. The van der Waals surface area contributed by atoms with Crippen LogP contribution in [0, 0.1) is 5.92 Å². The molecule has 0 aromatic heterocycles. The van der Waals surface area contributed by atoms with Gasteiger partial charge in [-0.15, -0.1) is 0 Å². The Hall–Kier alpha value is -0.670. The average molecular weight is 163 g/mol. The molecule has 64 valence electrons. The van der Waals surface area contributed by atoms with Crippen LogP contribution >= 0.6 is 0 Å². The molecule has 1 aliphatic heterocycles. The van der Waals surface area contributed by atoms with Crippen LogP contribution in [0.15, 0.2) is 0 Å². The molecular weight excluding hydrogens is 152 g/mol. The van der Waals surface area contributed by atoms with Gasteiger partial charge in [0.25, 0.3) is 5.91 Å². The van der Waals surface area contributed by atoms with Gasteiger partial charge >= 0.3 is 6.43 Å². The highest BCUT2D eigenvalue weighted by atomic mass is 19.3. The zero-order valence-electron chi connectivity index (χ0n) is 6.39. The minimum absolute atomic E-state index is 0.373. The highest BCUT2D eigenvalue weighted by Gasteiger charge is 2.28. The van der Waals surface area contributed by atoms with Crippen molar-refractivity contribution < 1.29 is 13.6 Å². The molecule has 0 bridgehead atoms. The topological polar surface area (TPSA) is 20.3 Å². The van der Waals surface area contributed by atoms with Gasteiger partial charge in [-0.3, -0.25) is 4.79 Å². The second-order valence-electron chi connectivity index (χ2n) is 2.98. The second kappa shape index (κ2) is 3.15. The van der Waals surface area contributed by atoms with E-state index in [0.717, 1.165) is 6.42 Å². The lowest BCUT2D eigenvalue weighted by Crippen LogP contribution is -2.33. The molecule has 1 rings (SSSR count). The second-order valence-corrected chi connectivity index (χ2v) is 2.98. The average Bonchev–Trinajstić information content (AvgIpc) is 2.34. The van der Waals surface area contributed by atoms with Crippen molar-refractivity contribution in [3.05, 3.63) is 0 Å². The Bertz CT molecular complexity index is 161. The molecule has 0 aromatic carbocycles. The Morgan fingerprint density at radius 1 is 1.64 bits per heavy atom. The molecule has 0 aromatic rings. The predicted molar refractivity (Wildman–Crippen MR) is 36.4 cm³/mol. The largest absolute Gasteiger partial charge is 0.337 e. The van der Waals surface area contributed by atoms with E-state index >= 15 is 0 Å². The summed E-state index contributed by atoms with van der Waals surface area (Å²) in [7, 11) is 0. The summed E-state index contributed by atoms with van der Waals surface area (Å²) in [5.74, 6) is -0.646. The van der Waals surface area contributed by atoms with Gasteiger partial charge in [0.15, 0.2) is 0 Å². The molecule has 4 heteroatoms. The van der Waals surface area contributed by atoms with E-state index in [-0.39, 0.29) is 0 Å². The van der Waals surface area contributed by atoms with Crippen LogP contribution < -0.4 is 0 Å². The summed E-state index contributed by atoms with van der Waals surface area (Å²) in [5, 5.41) is 0. The lowest BCUT2D eigenvalue weighted by atomic mass is 10.2. The summed E-state index contributed by atoms with van der Waals surface area (Å²) in [6.45, 7) is 2.94. The Labute approximate surface area is 64.2 Å². The number of amides is 1. The summed E-state index contributed by atoms with van der Waals surface area (Å²) >= 11 is 0. The normalized spacial score (nSPS) is 24.7. The van der Waals surface area contributed by atoms with Crippen molar-refractivity contribution in [1.82, 2.24) is 4.90 Å². The molecule has 1 amide bonds. The molecular formula is C7H11F2NO. The molecule has 0 N–H and O–H groups in total. The fraction of sp³-hybridized carbons (Fsp3) is 0.857. The molecule has 0 spiro atoms. The van der Waals surface area contributed by atoms with Crippen LogP contribution in [0.25, 0.3) is 0 Å². The summed E-state index contributed by atoms with van der Waals surface area (Å²) in [4.78, 5) is 11.9. The minimum Gasteiger partial charge on any atom is -0.337 e. The van der Waals surface area contributed by atoms with Crippen molar-refractivity contribution in [3.8, 4) is 0 Å². The van der Waals surface area contributed by atoms with Gasteiger partial charge in [-0.2, -0.15) is 8.78 Å². The van der Waals surface area contributed by atoms with Crippen LogP contribution in [0.4, 0.5) is 8.78 Å². The quantitative estimate of drug-likeness (QED) is 0.567. The lowest BCUT2D eigenvalue weighted by molar-refractivity contribution is -0.141. The third-order valence-electron chi connectivity index (χ3n) is 1.92. The predicted octanol–water partition coefficient (Wildman–Crippen LogP) is 1.12. The maximum atomic E-state index is 11.8. The molecule has 1 fully saturated rings. The van der Waals surface area contributed by atoms with E-state index in [1.165, 1.54) is 4.90 Å². The number of halogens is 2. The summed E-state index contributed by atoms with van der Waals surface area (Å²) in [6, 6.07) is 0. The molecule has 1 saturated heterocycles. The molecule has 0 aliphatic carbocycles. The SMILES string of the molecule is C[C@H]1CCN(C(=O)C(F)F)C1. The number of carbonyl (C=O) groups excluding carboxylic acids is 1. The molecule has 1 atom stereocenters. The fourth-order valence-electron chi connectivity index (χ4n) is 1.27. The van der Waals surface area contributed by atoms with Gasteiger partial charge in [0.1, 0.15) is 0 Å². The van der Waals surface area contributed by atoms with E-state index in [4.69, 9.17) is 0 Å². The van der Waals surface area contributed by atoms with E-state index in [0.29, 0.717) is 19.0 Å². The number of rotatable bonds is 1. The number of hydrogen-bond acceptors (Lipinski definition) is 1. The Morgan fingerprint density at radius 2 is 2.27 bits per heavy atom. The van der Waals surface area contributed by atoms with Gasteiger partial charge in [-0.1, -0.05) is 6.92 Å². The fourth-order valence-corrected chi connectivity index (χ4v) is 1.27. The highest BCUT2D eigenvalue weighted by molar-refractivity contribution is 5.79. The standard InChI is InChI=1S/C7H11F2NO/c1-5-2-3-10(4-5)7(11)6(8)9/h5-6H,2-4H2,1H3/t5-/m0/s1. The Morgan fingerprint density at radius 3 is 2.64 bits per heavy atom. The van der Waals surface area contributed by atoms with E-state index in [2.05, 4.69) is 0 Å². The first-order chi connectivity index (χ1) is 5.11. The van der Waals surface area contributed by atoms with Crippen LogP contribution in [-0.4, -0.2) is 30.3 Å². The zero-order chi connectivity index (χ0) is 8.43. The zero-order valence-corrected chi connectivity index (χ0v) is 6.39. The van der Waals surface area contributed by atoms with E-state index in [1.54, 1.807) is 0 Å². The van der Waals surface area contributed by atoms with Gasteiger partial charge in [0, 0.05) is 13.1 Å². The highest BCUT2D eigenvalue weighted by Crippen LogP contribution is 2.16. The summed E-state index contributed by atoms with van der Waals surface area (Å²) in [5.41, 5.74) is 0. The van der Waals surface area contributed by atoms with Crippen molar-refractivity contribution in [2.75, 3.05) is 13.1 Å². The molecule has 11 heavy (non-hydrogen) atoms. The number of likely N-dealkylation sites (tertiary alicyclic amines) is 1. The smallest absolute Gasteiger partial charge is 0.315 e. The summed E-state index contributed by atoms with van der Waals surface area (Å²) in [6.07, 6.45) is -1.99. The maximum absolute atomic E-state index is 11.8. The maximum Gasteiger partial charge on any atom is 0.315 e. The Balaban J connectivity index is 2.43. The van der Waals surface area contributed by atoms with Gasteiger partial charge in [-0.05, 0) is 12.3 Å². The number of hydrogen-bond donors (Lipinski definition) is 0. The van der Waals surface area contributed by atoms with E-state index in [1.807, 2.05) is 6.92 Å². The minimum atomic E-state index is -2.83. The van der Waals surface area contributed by atoms with E-state index in [9.17, 15) is 13.6 Å². The van der Waals surface area contributed by atoms with Crippen LogP contribution in [0.1, 0.15) is 13.3 Å². The van der Waals surface area contributed by atoms with Gasteiger partial charge < -0.3 is 4.90 Å². The molecule has 1 heterocycles. The summed E-state index contributed by atoms with van der Waals surface area (Å²) < 4.78 is 23.6. The number of alkyl halides is 2. The van der Waals surface area contributed by atoms with Crippen LogP contribution in [0.2, 0.25) is 0 Å². The number of carbonyl (C=O) groups is 1. The first-order valence-electron chi connectivity index (χ1n) is 3.68. The molecule has 0 saturated carbocycles. The van der Waals surface area contributed by atoms with Crippen molar-refractivity contribution in [1.29, 1.82) is 0 Å². The lowest BCUT2D eigenvalue weighted by Gasteiger charge is -2.14. The third kappa shape index (κ3) is 1.88. The molecule has 0 radical (unpaired) electrons. The molecule has 2 nitrogen and oxygen atoms in total. The van der Waals surface area contributed by atoms with Crippen molar-refractivity contribution in [2.45, 2.75) is 19.8 Å². The molecule has 0 unspecified atom stereocenters. The Kier molecular flexibility index (Phi) is 2.42. The van der Waals surface area contributed by atoms with Gasteiger partial charge in [0.2, 0.25) is 0 Å². The van der Waals surface area contributed by atoms with Crippen LogP contribution in [0.3, 0.4) is 0 Å². The van der Waals surface area contributed by atoms with Gasteiger partial charge in [0.05, 0.1) is 0 Å².